The van der Waals surface area contributed by atoms with Crippen LogP contribution in [-0.2, 0) is 32.0 Å². The maximum absolute atomic E-state index is 13.4. The number of benzene rings is 2. The number of amides is 3. The zero-order valence-electron chi connectivity index (χ0n) is 19.6. The molecular formula is C25H30N4O7. The number of phenols is 2. The Labute approximate surface area is 207 Å². The van der Waals surface area contributed by atoms with Gasteiger partial charge in [-0.1, -0.05) is 24.3 Å². The monoisotopic (exact) mass is 498 g/mol. The smallest absolute Gasteiger partial charge is 0.326 e. The first-order valence-corrected chi connectivity index (χ1v) is 11.6. The Bertz CT molecular complexity index is 1090. The van der Waals surface area contributed by atoms with Gasteiger partial charge >= 0.3 is 5.97 Å². The second-order valence-electron chi connectivity index (χ2n) is 8.65. The number of carbonyl (C=O) groups excluding carboxylic acids is 3. The molecular weight excluding hydrogens is 468 g/mol. The number of rotatable bonds is 10. The van der Waals surface area contributed by atoms with E-state index in [9.17, 15) is 34.5 Å². The summed E-state index contributed by atoms with van der Waals surface area (Å²) >= 11 is 0. The molecule has 1 saturated heterocycles. The van der Waals surface area contributed by atoms with E-state index in [4.69, 9.17) is 5.73 Å². The lowest BCUT2D eigenvalue weighted by molar-refractivity contribution is -0.149. The average molecular weight is 499 g/mol. The van der Waals surface area contributed by atoms with Gasteiger partial charge in [-0.2, -0.15) is 0 Å². The third-order valence-electron chi connectivity index (χ3n) is 6.02. The molecule has 11 nitrogen and oxygen atoms in total. The molecule has 3 atom stereocenters. The van der Waals surface area contributed by atoms with Crippen molar-refractivity contribution in [3.8, 4) is 11.5 Å². The molecule has 7 N–H and O–H groups in total. The van der Waals surface area contributed by atoms with Gasteiger partial charge in [-0.15, -0.1) is 0 Å². The zero-order valence-corrected chi connectivity index (χ0v) is 19.6. The molecule has 11 heteroatoms. The number of nitrogens with two attached hydrogens (primary N) is 1. The highest BCUT2D eigenvalue weighted by molar-refractivity contribution is 5.94. The maximum atomic E-state index is 13.4. The Balaban J connectivity index is 1.85. The van der Waals surface area contributed by atoms with Gasteiger partial charge in [0.25, 0.3) is 0 Å². The molecule has 2 aromatic carbocycles. The summed E-state index contributed by atoms with van der Waals surface area (Å²) in [5.74, 6) is -2.79. The Kier molecular flexibility index (Phi) is 8.85. The van der Waals surface area contributed by atoms with Crippen molar-refractivity contribution in [1.29, 1.82) is 0 Å². The van der Waals surface area contributed by atoms with Crippen LogP contribution in [0.5, 0.6) is 11.5 Å². The van der Waals surface area contributed by atoms with Crippen LogP contribution < -0.4 is 16.4 Å². The number of aliphatic carboxylic acids is 1. The molecule has 0 bridgehead atoms. The topological polar surface area (TPSA) is 182 Å². The lowest BCUT2D eigenvalue weighted by Gasteiger charge is -2.29. The van der Waals surface area contributed by atoms with Crippen LogP contribution >= 0.6 is 0 Å². The van der Waals surface area contributed by atoms with Crippen molar-refractivity contribution in [1.82, 2.24) is 15.5 Å². The highest BCUT2D eigenvalue weighted by Crippen LogP contribution is 2.20. The van der Waals surface area contributed by atoms with Crippen LogP contribution in [0.3, 0.4) is 0 Å². The van der Waals surface area contributed by atoms with Gasteiger partial charge in [0.2, 0.25) is 17.7 Å². The summed E-state index contributed by atoms with van der Waals surface area (Å²) < 4.78 is 0. The van der Waals surface area contributed by atoms with E-state index >= 15 is 0 Å². The number of nitrogens with one attached hydrogen (secondary N) is 2. The fraction of sp³-hybridized carbons (Fsp3) is 0.360. The van der Waals surface area contributed by atoms with Crippen molar-refractivity contribution in [2.75, 3.05) is 13.1 Å². The second kappa shape index (κ2) is 12.0. The summed E-state index contributed by atoms with van der Waals surface area (Å²) in [5, 5.41) is 33.9. The van der Waals surface area contributed by atoms with Gasteiger partial charge < -0.3 is 36.6 Å². The molecule has 0 aromatic heterocycles. The number of carboxylic acids is 1. The van der Waals surface area contributed by atoms with Crippen molar-refractivity contribution in [2.45, 2.75) is 43.8 Å². The molecule has 1 fully saturated rings. The molecule has 0 radical (unpaired) electrons. The van der Waals surface area contributed by atoms with Gasteiger partial charge in [0, 0.05) is 19.4 Å². The molecule has 1 heterocycles. The lowest BCUT2D eigenvalue weighted by Crippen LogP contribution is -2.57. The largest absolute Gasteiger partial charge is 0.508 e. The van der Waals surface area contributed by atoms with E-state index in [1.54, 1.807) is 24.3 Å². The van der Waals surface area contributed by atoms with Crippen molar-refractivity contribution in [2.24, 2.45) is 5.73 Å². The van der Waals surface area contributed by atoms with Gasteiger partial charge in [-0.3, -0.25) is 14.4 Å². The number of nitrogens with zero attached hydrogens (tertiary/aromatic N) is 1. The maximum Gasteiger partial charge on any atom is 0.326 e. The summed E-state index contributed by atoms with van der Waals surface area (Å²) in [6.45, 7) is -0.0953. The Morgan fingerprint density at radius 2 is 1.42 bits per heavy atom. The molecule has 3 rings (SSSR count). The van der Waals surface area contributed by atoms with Crippen molar-refractivity contribution >= 4 is 23.7 Å². The van der Waals surface area contributed by atoms with Crippen LogP contribution in [0.2, 0.25) is 0 Å². The Morgan fingerprint density at radius 3 is 1.92 bits per heavy atom. The summed E-state index contributed by atoms with van der Waals surface area (Å²) in [5.41, 5.74) is 6.70. The minimum atomic E-state index is -1.11. The van der Waals surface area contributed by atoms with Crippen molar-refractivity contribution in [3.05, 3.63) is 59.7 Å². The number of carbonyl (C=O) groups is 4. The number of aromatic hydroxyl groups is 2. The molecule has 3 amide bonds. The van der Waals surface area contributed by atoms with E-state index in [2.05, 4.69) is 10.6 Å². The summed E-state index contributed by atoms with van der Waals surface area (Å²) in [4.78, 5) is 51.7. The minimum Gasteiger partial charge on any atom is -0.508 e. The molecule has 2 aromatic rings. The normalized spacial score (nSPS) is 16.7. The molecule has 0 aliphatic carbocycles. The van der Waals surface area contributed by atoms with Crippen LogP contribution in [-0.4, -0.2) is 75.1 Å². The first-order chi connectivity index (χ1) is 17.2. The molecule has 192 valence electrons. The number of hydrogen-bond donors (Lipinski definition) is 6. The predicted octanol–water partition coefficient (Wildman–Crippen LogP) is -0.113. The second-order valence-corrected chi connectivity index (χ2v) is 8.65. The molecule has 0 saturated carbocycles. The average Bonchev–Trinajstić information content (AvgIpc) is 3.35. The SMILES string of the molecule is NCC(=O)NC(Cc1ccc(O)cc1)C(=O)NC(Cc1ccc(O)cc1)C(=O)N1CCCC1C(=O)O. The standard InChI is InChI=1S/C25H30N4O7/c26-14-22(32)27-19(12-15-3-7-17(30)8-4-15)23(33)28-20(13-16-5-9-18(31)10-6-16)24(34)29-11-1-2-21(29)25(35)36/h3-10,19-21,30-31H,1-2,11-14,26H2,(H,27,32)(H,28,33)(H,35,36). The molecule has 0 spiro atoms. The lowest BCUT2D eigenvalue weighted by atomic mass is 10.0. The number of phenolic OH excluding ortho intramolecular Hbond substituents is 2. The fourth-order valence-electron chi connectivity index (χ4n) is 4.16. The van der Waals surface area contributed by atoms with E-state index in [1.165, 1.54) is 29.2 Å². The highest BCUT2D eigenvalue weighted by Gasteiger charge is 2.38. The van der Waals surface area contributed by atoms with Crippen LogP contribution in [0, 0.1) is 0 Å². The minimum absolute atomic E-state index is 0.0367. The van der Waals surface area contributed by atoms with E-state index in [0.29, 0.717) is 24.0 Å². The summed E-state index contributed by atoms with van der Waals surface area (Å²) in [6, 6.07) is 9.03. The van der Waals surface area contributed by atoms with Crippen molar-refractivity contribution < 1.29 is 34.5 Å². The Hall–Kier alpha value is -4.12. The number of likely N-dealkylation sites (tertiary alicyclic amines) is 1. The molecule has 3 unspecified atom stereocenters. The van der Waals surface area contributed by atoms with E-state index in [0.717, 1.165) is 0 Å². The summed E-state index contributed by atoms with van der Waals surface area (Å²) in [7, 11) is 0. The fourth-order valence-corrected chi connectivity index (χ4v) is 4.16. The van der Waals surface area contributed by atoms with Gasteiger partial charge in [0.05, 0.1) is 6.54 Å². The van der Waals surface area contributed by atoms with Gasteiger partial charge in [0.15, 0.2) is 0 Å². The third kappa shape index (κ3) is 6.95. The van der Waals surface area contributed by atoms with Gasteiger partial charge in [0.1, 0.15) is 29.6 Å². The first kappa shape index (κ1) is 26.5. The first-order valence-electron chi connectivity index (χ1n) is 11.6. The zero-order chi connectivity index (χ0) is 26.2. The van der Waals surface area contributed by atoms with Gasteiger partial charge in [-0.25, -0.2) is 4.79 Å². The third-order valence-corrected chi connectivity index (χ3v) is 6.02. The molecule has 1 aliphatic rings. The molecule has 1 aliphatic heterocycles. The van der Waals surface area contributed by atoms with Crippen LogP contribution in [0.1, 0.15) is 24.0 Å². The number of carboxylic acid groups (broad SMARTS) is 1. The number of hydrogen-bond acceptors (Lipinski definition) is 7. The Morgan fingerprint density at radius 1 is 0.889 bits per heavy atom. The van der Waals surface area contributed by atoms with E-state index in [-0.39, 0.29) is 37.4 Å². The quantitative estimate of drug-likeness (QED) is 0.262. The van der Waals surface area contributed by atoms with Crippen LogP contribution in [0.25, 0.3) is 0 Å². The molecule has 36 heavy (non-hydrogen) atoms. The van der Waals surface area contributed by atoms with Gasteiger partial charge in [-0.05, 0) is 48.2 Å². The summed E-state index contributed by atoms with van der Waals surface area (Å²) in [6.07, 6.45) is 0.958. The highest BCUT2D eigenvalue weighted by atomic mass is 16.4. The van der Waals surface area contributed by atoms with E-state index < -0.39 is 41.8 Å². The van der Waals surface area contributed by atoms with E-state index in [1.807, 2.05) is 0 Å². The predicted molar refractivity (Wildman–Crippen MR) is 129 cm³/mol. The van der Waals surface area contributed by atoms with Crippen molar-refractivity contribution in [3.63, 3.8) is 0 Å². The van der Waals surface area contributed by atoms with Crippen LogP contribution in [0.4, 0.5) is 0 Å². The van der Waals surface area contributed by atoms with Crippen LogP contribution in [0.15, 0.2) is 48.5 Å².